The standard InChI is InChI=1S/C9H11N5O4/c10-8-7-9(12-4-14(8)18)13(3-11-7)2-5(15)1-6(16)17/h3-5,10,15,18H,1-2H2,(H,16,17). The van der Waals surface area contributed by atoms with Crippen molar-refractivity contribution in [2.24, 2.45) is 0 Å². The van der Waals surface area contributed by atoms with Crippen LogP contribution >= 0.6 is 0 Å². The highest BCUT2D eigenvalue weighted by atomic mass is 16.5. The second-order valence-electron chi connectivity index (χ2n) is 3.76. The van der Waals surface area contributed by atoms with Gasteiger partial charge in [0.15, 0.2) is 16.7 Å². The third-order valence-electron chi connectivity index (χ3n) is 2.37. The van der Waals surface area contributed by atoms with Gasteiger partial charge < -0.3 is 20.0 Å². The first-order valence-electron chi connectivity index (χ1n) is 5.05. The van der Waals surface area contributed by atoms with E-state index in [0.717, 1.165) is 6.33 Å². The van der Waals surface area contributed by atoms with Crippen molar-refractivity contribution < 1.29 is 20.2 Å². The van der Waals surface area contributed by atoms with Crippen LogP contribution in [0.25, 0.3) is 11.2 Å². The van der Waals surface area contributed by atoms with Gasteiger partial charge in [-0.2, -0.15) is 4.73 Å². The molecule has 18 heavy (non-hydrogen) atoms. The van der Waals surface area contributed by atoms with Gasteiger partial charge in [0.05, 0.1) is 25.4 Å². The number of carboxylic acids is 1. The van der Waals surface area contributed by atoms with E-state index in [0.29, 0.717) is 10.4 Å². The van der Waals surface area contributed by atoms with Crippen LogP contribution in [-0.4, -0.2) is 46.8 Å². The number of fused-ring (bicyclic) bond motifs is 1. The summed E-state index contributed by atoms with van der Waals surface area (Å²) in [4.78, 5) is 18.2. The molecule has 1 unspecified atom stereocenters. The molecule has 0 fully saturated rings. The Kier molecular flexibility index (Phi) is 2.98. The van der Waals surface area contributed by atoms with E-state index in [1.165, 1.54) is 10.9 Å². The summed E-state index contributed by atoms with van der Waals surface area (Å²) in [6.45, 7) is 0.00464. The predicted octanol–water partition coefficient (Wildman–Crippen LogP) is -1.21. The average molecular weight is 253 g/mol. The number of aliphatic hydroxyl groups is 1. The molecule has 9 nitrogen and oxygen atoms in total. The maximum atomic E-state index is 10.4. The van der Waals surface area contributed by atoms with Crippen molar-refractivity contribution in [3.05, 3.63) is 18.1 Å². The maximum Gasteiger partial charge on any atom is 0.306 e. The van der Waals surface area contributed by atoms with E-state index in [-0.39, 0.29) is 24.0 Å². The number of nitrogens with one attached hydrogen (secondary N) is 1. The molecule has 0 aliphatic rings. The average Bonchev–Trinajstić information content (AvgIpc) is 2.66. The van der Waals surface area contributed by atoms with Gasteiger partial charge in [-0.1, -0.05) is 0 Å². The summed E-state index contributed by atoms with van der Waals surface area (Å²) in [6, 6.07) is 0. The van der Waals surface area contributed by atoms with Gasteiger partial charge in [-0.25, -0.2) is 9.97 Å². The molecule has 2 aromatic heterocycles. The molecule has 0 aliphatic carbocycles. The largest absolute Gasteiger partial charge is 0.481 e. The van der Waals surface area contributed by atoms with Crippen molar-refractivity contribution >= 4 is 17.1 Å². The number of carbonyl (C=O) groups is 1. The lowest BCUT2D eigenvalue weighted by Crippen LogP contribution is -2.21. The highest BCUT2D eigenvalue weighted by molar-refractivity contribution is 5.69. The summed E-state index contributed by atoms with van der Waals surface area (Å²) in [6.07, 6.45) is 0.908. The van der Waals surface area contributed by atoms with Crippen LogP contribution in [0, 0.1) is 5.41 Å². The van der Waals surface area contributed by atoms with E-state index < -0.39 is 12.1 Å². The molecular weight excluding hydrogens is 242 g/mol. The van der Waals surface area contributed by atoms with Crippen LogP contribution in [-0.2, 0) is 11.3 Å². The number of nitrogens with zero attached hydrogens (tertiary/aromatic N) is 4. The van der Waals surface area contributed by atoms with Gasteiger partial charge in [-0.3, -0.25) is 10.2 Å². The third kappa shape index (κ3) is 2.15. The molecule has 4 N–H and O–H groups in total. The predicted molar refractivity (Wildman–Crippen MR) is 56.8 cm³/mol. The molecule has 0 spiro atoms. The van der Waals surface area contributed by atoms with Crippen molar-refractivity contribution in [1.82, 2.24) is 19.3 Å². The lowest BCUT2D eigenvalue weighted by Gasteiger charge is -2.09. The molecule has 0 radical (unpaired) electrons. The van der Waals surface area contributed by atoms with Gasteiger partial charge in [-0.15, -0.1) is 0 Å². The van der Waals surface area contributed by atoms with Crippen LogP contribution in [0.15, 0.2) is 12.7 Å². The zero-order valence-electron chi connectivity index (χ0n) is 9.19. The van der Waals surface area contributed by atoms with E-state index in [4.69, 9.17) is 10.5 Å². The minimum Gasteiger partial charge on any atom is -0.481 e. The van der Waals surface area contributed by atoms with Crippen LogP contribution in [0.1, 0.15) is 6.42 Å². The Bertz CT molecular complexity index is 646. The van der Waals surface area contributed by atoms with Gasteiger partial charge in [0.2, 0.25) is 0 Å². The van der Waals surface area contributed by atoms with Crippen molar-refractivity contribution in [3.63, 3.8) is 0 Å². The molecule has 0 amide bonds. The van der Waals surface area contributed by atoms with Crippen molar-refractivity contribution in [3.8, 4) is 0 Å². The fraction of sp³-hybridized carbons (Fsp3) is 0.333. The zero-order valence-corrected chi connectivity index (χ0v) is 9.19. The van der Waals surface area contributed by atoms with E-state index in [2.05, 4.69) is 9.97 Å². The Morgan fingerprint density at radius 3 is 2.83 bits per heavy atom. The Hall–Kier alpha value is -2.42. The second-order valence-corrected chi connectivity index (χ2v) is 3.76. The number of carboxylic acid groups (broad SMARTS) is 1. The van der Waals surface area contributed by atoms with Crippen molar-refractivity contribution in [2.75, 3.05) is 0 Å². The van der Waals surface area contributed by atoms with Crippen molar-refractivity contribution in [1.29, 1.82) is 5.41 Å². The van der Waals surface area contributed by atoms with Gasteiger partial charge in [0, 0.05) is 0 Å². The zero-order chi connectivity index (χ0) is 13.3. The van der Waals surface area contributed by atoms with E-state index in [9.17, 15) is 15.1 Å². The first-order valence-corrected chi connectivity index (χ1v) is 5.05. The highest BCUT2D eigenvalue weighted by Crippen LogP contribution is 2.06. The summed E-state index contributed by atoms with van der Waals surface area (Å²) >= 11 is 0. The number of hydrogen-bond donors (Lipinski definition) is 4. The van der Waals surface area contributed by atoms with Gasteiger partial charge in [0.25, 0.3) is 0 Å². The number of rotatable bonds is 4. The number of hydrogen-bond acceptors (Lipinski definition) is 6. The number of aliphatic hydroxyl groups excluding tert-OH is 1. The quantitative estimate of drug-likeness (QED) is 0.504. The summed E-state index contributed by atoms with van der Waals surface area (Å²) in [5.74, 6) is -1.10. The molecule has 0 aromatic carbocycles. The monoisotopic (exact) mass is 253 g/mol. The SMILES string of the molecule is N=c1c2ncn(CC(O)CC(=O)O)c2ncn1O. The van der Waals surface area contributed by atoms with Crippen LogP contribution < -0.4 is 5.49 Å². The molecule has 9 heteroatoms. The normalized spacial score (nSPS) is 12.7. The van der Waals surface area contributed by atoms with Gasteiger partial charge in [0.1, 0.15) is 6.33 Å². The Balaban J connectivity index is 2.33. The Morgan fingerprint density at radius 2 is 2.17 bits per heavy atom. The number of aromatic nitrogens is 4. The number of imidazole rings is 1. The third-order valence-corrected chi connectivity index (χ3v) is 2.37. The first kappa shape index (κ1) is 12.0. The minimum atomic E-state index is -1.10. The fourth-order valence-corrected chi connectivity index (χ4v) is 1.58. The van der Waals surface area contributed by atoms with Crippen molar-refractivity contribution in [2.45, 2.75) is 19.1 Å². The molecule has 2 aromatic rings. The molecule has 1 atom stereocenters. The van der Waals surface area contributed by atoms with Gasteiger partial charge >= 0.3 is 5.97 Å². The minimum absolute atomic E-state index is 0.00464. The maximum absolute atomic E-state index is 10.4. The summed E-state index contributed by atoms with van der Waals surface area (Å²) < 4.78 is 1.95. The Labute approximate surface area is 100 Å². The summed E-state index contributed by atoms with van der Waals surface area (Å²) in [5.41, 5.74) is 0.240. The summed E-state index contributed by atoms with van der Waals surface area (Å²) in [7, 11) is 0. The molecule has 2 rings (SSSR count). The molecule has 0 saturated carbocycles. The molecular formula is C9H11N5O4. The van der Waals surface area contributed by atoms with E-state index in [1.807, 2.05) is 0 Å². The smallest absolute Gasteiger partial charge is 0.306 e. The summed E-state index contributed by atoms with van der Waals surface area (Å²) in [5, 5.41) is 34.8. The fourth-order valence-electron chi connectivity index (χ4n) is 1.58. The van der Waals surface area contributed by atoms with E-state index in [1.54, 1.807) is 0 Å². The lowest BCUT2D eigenvalue weighted by atomic mass is 10.2. The molecule has 0 aliphatic heterocycles. The van der Waals surface area contributed by atoms with Gasteiger partial charge in [-0.05, 0) is 0 Å². The van der Waals surface area contributed by atoms with Crippen LogP contribution in [0.4, 0.5) is 0 Å². The van der Waals surface area contributed by atoms with Crippen LogP contribution in [0.3, 0.4) is 0 Å². The second kappa shape index (κ2) is 4.45. The van der Waals surface area contributed by atoms with Crippen LogP contribution in [0.5, 0.6) is 0 Å². The lowest BCUT2D eigenvalue weighted by molar-refractivity contribution is -0.139. The first-order chi connectivity index (χ1) is 8.49. The Morgan fingerprint density at radius 1 is 1.44 bits per heavy atom. The van der Waals surface area contributed by atoms with E-state index >= 15 is 0 Å². The molecule has 96 valence electrons. The topological polar surface area (TPSA) is 137 Å². The molecule has 0 saturated heterocycles. The highest BCUT2D eigenvalue weighted by Gasteiger charge is 2.14. The molecule has 0 bridgehead atoms. The molecule has 2 heterocycles. The number of aliphatic carboxylic acids is 1. The van der Waals surface area contributed by atoms with Crippen LogP contribution in [0.2, 0.25) is 0 Å².